The zero-order chi connectivity index (χ0) is 16.9. The topological polar surface area (TPSA) is 9.23 Å². The van der Waals surface area contributed by atoms with Gasteiger partial charge in [0.25, 0.3) is 0 Å². The van der Waals surface area contributed by atoms with Crippen molar-refractivity contribution in [2.75, 3.05) is 12.9 Å². The summed E-state index contributed by atoms with van der Waals surface area (Å²) in [4.78, 5) is 0. The largest absolute Gasteiger partial charge is 0.487 e. The van der Waals surface area contributed by atoms with Crippen molar-refractivity contribution in [3.05, 3.63) is 35.9 Å². The van der Waals surface area contributed by atoms with E-state index in [1.165, 1.54) is 31.4 Å². The number of allylic oxidation sites excluding steroid dienone is 1. The molecule has 0 spiro atoms. The molecule has 1 aliphatic carbocycles. The monoisotopic (exact) mass is 348 g/mol. The maximum absolute atomic E-state index is 12.8. The molecule has 1 aliphatic rings. The lowest BCUT2D eigenvalue weighted by Crippen LogP contribution is -2.33. The second-order valence-corrected chi connectivity index (χ2v) is 6.85. The quantitative estimate of drug-likeness (QED) is 0.601. The van der Waals surface area contributed by atoms with Crippen LogP contribution in [0.1, 0.15) is 24.8 Å². The Labute approximate surface area is 138 Å². The van der Waals surface area contributed by atoms with Crippen molar-refractivity contribution in [1.29, 1.82) is 0 Å². The van der Waals surface area contributed by atoms with Crippen LogP contribution < -0.4 is 4.74 Å². The molecule has 2 unspecified atom stereocenters. The normalized spacial score (nSPS) is 22.2. The third-order valence-corrected chi connectivity index (χ3v) is 5.04. The average molecular weight is 348 g/mol. The zero-order valence-corrected chi connectivity index (χ0v) is 13.7. The fourth-order valence-corrected chi connectivity index (χ4v) is 3.34. The molecule has 1 nitrogen and oxygen atoms in total. The number of halogens is 4. The van der Waals surface area contributed by atoms with Crippen LogP contribution in [0.4, 0.5) is 17.6 Å². The maximum Gasteiger partial charge on any atom is 0.340 e. The van der Waals surface area contributed by atoms with Crippen molar-refractivity contribution >= 4 is 17.8 Å². The van der Waals surface area contributed by atoms with Gasteiger partial charge in [-0.15, -0.1) is 0 Å². The summed E-state index contributed by atoms with van der Waals surface area (Å²) in [6.45, 7) is -1.32. The van der Waals surface area contributed by atoms with Crippen LogP contribution in [-0.2, 0) is 0 Å². The van der Waals surface area contributed by atoms with Crippen LogP contribution in [0.15, 0.2) is 30.3 Å². The SMILES string of the molecule is CSC1CCC(/C=C/c2ccc(OCC(F)(F)C(F)F)cc2)C1. The number of alkyl halides is 4. The van der Waals surface area contributed by atoms with Crippen molar-refractivity contribution in [3.8, 4) is 5.75 Å². The lowest BCUT2D eigenvalue weighted by molar-refractivity contribution is -0.148. The highest BCUT2D eigenvalue weighted by molar-refractivity contribution is 7.99. The zero-order valence-electron chi connectivity index (χ0n) is 12.9. The summed E-state index contributed by atoms with van der Waals surface area (Å²) in [7, 11) is 0. The number of rotatable bonds is 7. The highest BCUT2D eigenvalue weighted by atomic mass is 32.2. The van der Waals surface area contributed by atoms with Gasteiger partial charge in [0.05, 0.1) is 0 Å². The first-order chi connectivity index (χ1) is 10.9. The standard InChI is InChI=1S/C17H20F4OS/c1-23-15-9-6-13(10-15)3-2-12-4-7-14(8-5-12)22-11-17(20,21)16(18)19/h2-5,7-8,13,15-16H,6,9-11H2,1H3/b3-2+. The van der Waals surface area contributed by atoms with E-state index >= 15 is 0 Å². The van der Waals surface area contributed by atoms with E-state index in [-0.39, 0.29) is 5.75 Å². The molecule has 0 saturated heterocycles. The fourth-order valence-electron chi connectivity index (χ4n) is 2.53. The van der Waals surface area contributed by atoms with E-state index in [0.29, 0.717) is 5.92 Å². The molecule has 0 amide bonds. The molecule has 0 radical (unpaired) electrons. The van der Waals surface area contributed by atoms with Gasteiger partial charge in [0.1, 0.15) is 5.75 Å². The van der Waals surface area contributed by atoms with E-state index in [2.05, 4.69) is 12.3 Å². The molecule has 0 bridgehead atoms. The molecular weight excluding hydrogens is 328 g/mol. The van der Waals surface area contributed by atoms with Gasteiger partial charge in [-0.1, -0.05) is 24.3 Å². The molecule has 0 aromatic heterocycles. The number of ether oxygens (including phenoxy) is 1. The second kappa shape index (κ2) is 8.08. The predicted molar refractivity (Wildman–Crippen MR) is 86.6 cm³/mol. The molecule has 1 aromatic rings. The van der Waals surface area contributed by atoms with Crippen LogP contribution in [0.2, 0.25) is 0 Å². The molecule has 128 valence electrons. The van der Waals surface area contributed by atoms with Crippen molar-refractivity contribution in [2.45, 2.75) is 36.9 Å². The number of thioether (sulfide) groups is 1. The van der Waals surface area contributed by atoms with Gasteiger partial charge in [-0.25, -0.2) is 8.78 Å². The molecule has 0 N–H and O–H groups in total. The minimum atomic E-state index is -4.13. The van der Waals surface area contributed by atoms with Crippen molar-refractivity contribution < 1.29 is 22.3 Å². The van der Waals surface area contributed by atoms with Crippen LogP contribution in [0.3, 0.4) is 0 Å². The van der Waals surface area contributed by atoms with Crippen molar-refractivity contribution in [3.63, 3.8) is 0 Å². The third kappa shape index (κ3) is 5.44. The van der Waals surface area contributed by atoms with E-state index < -0.39 is 19.0 Å². The Bertz CT molecular complexity index is 516. The average Bonchev–Trinajstić information content (AvgIpc) is 3.00. The lowest BCUT2D eigenvalue weighted by Gasteiger charge is -2.15. The highest BCUT2D eigenvalue weighted by Crippen LogP contribution is 2.34. The highest BCUT2D eigenvalue weighted by Gasteiger charge is 2.41. The van der Waals surface area contributed by atoms with Crippen LogP contribution in [0.25, 0.3) is 6.08 Å². The van der Waals surface area contributed by atoms with Gasteiger partial charge < -0.3 is 4.74 Å². The molecule has 1 fully saturated rings. The van der Waals surface area contributed by atoms with Gasteiger partial charge in [0, 0.05) is 5.25 Å². The van der Waals surface area contributed by atoms with Crippen LogP contribution in [0, 0.1) is 5.92 Å². The third-order valence-electron chi connectivity index (χ3n) is 3.95. The summed E-state index contributed by atoms with van der Waals surface area (Å²) in [5.41, 5.74) is 0.936. The summed E-state index contributed by atoms with van der Waals surface area (Å²) in [6.07, 6.45) is 6.20. The molecule has 1 saturated carbocycles. The summed E-state index contributed by atoms with van der Waals surface area (Å²) >= 11 is 1.90. The first-order valence-corrected chi connectivity index (χ1v) is 8.79. The van der Waals surface area contributed by atoms with E-state index in [4.69, 9.17) is 4.74 Å². The Kier molecular flexibility index (Phi) is 6.39. The molecule has 1 aromatic carbocycles. The number of hydrogen-bond acceptors (Lipinski definition) is 2. The van der Waals surface area contributed by atoms with E-state index in [1.807, 2.05) is 17.8 Å². The van der Waals surface area contributed by atoms with E-state index in [9.17, 15) is 17.6 Å². The number of hydrogen-bond donors (Lipinski definition) is 0. The number of benzene rings is 1. The molecule has 0 heterocycles. The lowest BCUT2D eigenvalue weighted by atomic mass is 10.1. The van der Waals surface area contributed by atoms with Crippen molar-refractivity contribution in [1.82, 2.24) is 0 Å². The molecule has 23 heavy (non-hydrogen) atoms. The fraction of sp³-hybridized carbons (Fsp3) is 0.529. The summed E-state index contributed by atoms with van der Waals surface area (Å²) in [6, 6.07) is 6.49. The van der Waals surface area contributed by atoms with Gasteiger partial charge in [-0.2, -0.15) is 20.5 Å². The predicted octanol–water partition coefficient (Wildman–Crippen LogP) is 5.51. The second-order valence-electron chi connectivity index (χ2n) is 5.71. The Balaban J connectivity index is 1.85. The summed E-state index contributed by atoms with van der Waals surface area (Å²) in [5.74, 6) is -3.39. The first kappa shape index (κ1) is 18.2. The Morgan fingerprint density at radius 3 is 2.52 bits per heavy atom. The molecular formula is C17H20F4OS. The van der Waals surface area contributed by atoms with Gasteiger partial charge >= 0.3 is 12.3 Å². The summed E-state index contributed by atoms with van der Waals surface area (Å²) < 4.78 is 54.4. The Morgan fingerprint density at radius 2 is 1.96 bits per heavy atom. The smallest absolute Gasteiger partial charge is 0.340 e. The van der Waals surface area contributed by atoms with Crippen LogP contribution >= 0.6 is 11.8 Å². The Hall–Kier alpha value is -1.17. The van der Waals surface area contributed by atoms with E-state index in [1.54, 1.807) is 12.1 Å². The minimum Gasteiger partial charge on any atom is -0.487 e. The van der Waals surface area contributed by atoms with Crippen LogP contribution in [0.5, 0.6) is 5.75 Å². The van der Waals surface area contributed by atoms with Gasteiger partial charge in [-0.05, 0) is 49.1 Å². The van der Waals surface area contributed by atoms with Crippen LogP contribution in [-0.4, -0.2) is 30.5 Å². The maximum atomic E-state index is 12.8. The molecule has 0 aliphatic heterocycles. The first-order valence-electron chi connectivity index (χ1n) is 7.50. The van der Waals surface area contributed by atoms with E-state index in [0.717, 1.165) is 10.8 Å². The Morgan fingerprint density at radius 1 is 1.26 bits per heavy atom. The van der Waals surface area contributed by atoms with Gasteiger partial charge in [-0.3, -0.25) is 0 Å². The van der Waals surface area contributed by atoms with Gasteiger partial charge in [0.2, 0.25) is 0 Å². The van der Waals surface area contributed by atoms with Gasteiger partial charge in [0.15, 0.2) is 6.61 Å². The minimum absolute atomic E-state index is 0.158. The molecule has 2 rings (SSSR count). The molecule has 6 heteroatoms. The molecule has 2 atom stereocenters. The summed E-state index contributed by atoms with van der Waals surface area (Å²) in [5, 5.41) is 0.733. The van der Waals surface area contributed by atoms with Crippen molar-refractivity contribution in [2.24, 2.45) is 5.92 Å².